The molecular weight excluding hydrogens is 304 g/mol. The van der Waals surface area contributed by atoms with E-state index in [2.05, 4.69) is 4.74 Å². The molecule has 0 spiro atoms. The Morgan fingerprint density at radius 1 is 0.917 bits per heavy atom. The fourth-order valence-electron chi connectivity index (χ4n) is 2.22. The SMILES string of the molecule is CC(CC(=O)O)c1ccccc1.COC(=O)C(C)c1ccccc1. The predicted molar refractivity (Wildman–Crippen MR) is 94.0 cm³/mol. The summed E-state index contributed by atoms with van der Waals surface area (Å²) in [5, 5.41) is 8.55. The summed E-state index contributed by atoms with van der Waals surface area (Å²) in [6.07, 6.45) is 0.198. The zero-order chi connectivity index (χ0) is 17.9. The van der Waals surface area contributed by atoms with Crippen LogP contribution < -0.4 is 0 Å². The standard InChI is InChI=1S/2C10H12O2/c1-8(10(11)12-2)9-6-4-3-5-7-9;1-8(7-10(11)12)9-5-3-2-4-6-9/h3-8H,1-2H3;2-6,8H,7H2,1H3,(H,11,12). The van der Waals surface area contributed by atoms with Gasteiger partial charge in [0, 0.05) is 0 Å². The third-order valence-electron chi connectivity index (χ3n) is 3.70. The molecule has 0 saturated carbocycles. The van der Waals surface area contributed by atoms with E-state index in [9.17, 15) is 9.59 Å². The minimum Gasteiger partial charge on any atom is -0.481 e. The van der Waals surface area contributed by atoms with Crippen LogP contribution in [0.1, 0.15) is 43.2 Å². The van der Waals surface area contributed by atoms with E-state index in [0.717, 1.165) is 11.1 Å². The lowest BCUT2D eigenvalue weighted by Crippen LogP contribution is -2.10. The Morgan fingerprint density at radius 2 is 1.38 bits per heavy atom. The highest BCUT2D eigenvalue weighted by Gasteiger charge is 2.14. The molecule has 0 bridgehead atoms. The number of rotatable bonds is 5. The molecule has 0 radical (unpaired) electrons. The van der Waals surface area contributed by atoms with E-state index in [4.69, 9.17) is 5.11 Å². The van der Waals surface area contributed by atoms with E-state index in [1.165, 1.54) is 7.11 Å². The molecule has 4 heteroatoms. The topological polar surface area (TPSA) is 63.6 Å². The fraction of sp³-hybridized carbons (Fsp3) is 0.300. The van der Waals surface area contributed by atoms with Crippen molar-refractivity contribution >= 4 is 11.9 Å². The van der Waals surface area contributed by atoms with Gasteiger partial charge in [-0.15, -0.1) is 0 Å². The van der Waals surface area contributed by atoms with E-state index >= 15 is 0 Å². The van der Waals surface area contributed by atoms with Gasteiger partial charge in [0.25, 0.3) is 0 Å². The third-order valence-corrected chi connectivity index (χ3v) is 3.70. The van der Waals surface area contributed by atoms with Crippen LogP contribution in [-0.2, 0) is 14.3 Å². The number of hydrogen-bond donors (Lipinski definition) is 1. The molecule has 0 saturated heterocycles. The molecule has 0 aromatic heterocycles. The predicted octanol–water partition coefficient (Wildman–Crippen LogP) is 4.23. The van der Waals surface area contributed by atoms with Gasteiger partial charge in [0.05, 0.1) is 19.4 Å². The number of carboxylic acids is 1. The van der Waals surface area contributed by atoms with Gasteiger partial charge in [-0.05, 0) is 24.0 Å². The second kappa shape index (κ2) is 10.2. The van der Waals surface area contributed by atoms with Gasteiger partial charge in [0.2, 0.25) is 0 Å². The Hall–Kier alpha value is -2.62. The maximum Gasteiger partial charge on any atom is 0.312 e. The van der Waals surface area contributed by atoms with E-state index < -0.39 is 5.97 Å². The summed E-state index contributed by atoms with van der Waals surface area (Å²) in [4.78, 5) is 21.5. The lowest BCUT2D eigenvalue weighted by atomic mass is 9.98. The molecule has 0 fully saturated rings. The van der Waals surface area contributed by atoms with E-state index in [1.807, 2.05) is 74.5 Å². The molecule has 0 amide bonds. The molecule has 0 aliphatic carbocycles. The maximum atomic E-state index is 11.1. The number of carboxylic acid groups (broad SMARTS) is 1. The Labute approximate surface area is 143 Å². The van der Waals surface area contributed by atoms with Crippen LogP contribution in [0.2, 0.25) is 0 Å². The lowest BCUT2D eigenvalue weighted by molar-refractivity contribution is -0.142. The number of benzene rings is 2. The summed E-state index contributed by atoms with van der Waals surface area (Å²) < 4.78 is 4.63. The highest BCUT2D eigenvalue weighted by Crippen LogP contribution is 2.17. The third kappa shape index (κ3) is 6.65. The molecule has 128 valence electrons. The molecule has 0 aliphatic heterocycles. The van der Waals surface area contributed by atoms with Crippen molar-refractivity contribution in [2.45, 2.75) is 32.1 Å². The Bertz CT molecular complexity index is 623. The summed E-state index contributed by atoms with van der Waals surface area (Å²) in [5.74, 6) is -1.01. The normalized spacial score (nSPS) is 12.3. The van der Waals surface area contributed by atoms with Crippen molar-refractivity contribution in [3.05, 3.63) is 71.8 Å². The van der Waals surface area contributed by atoms with Gasteiger partial charge in [0.15, 0.2) is 0 Å². The van der Waals surface area contributed by atoms with Gasteiger partial charge in [-0.1, -0.05) is 67.6 Å². The van der Waals surface area contributed by atoms with Crippen molar-refractivity contribution in [2.75, 3.05) is 7.11 Å². The molecule has 2 aromatic rings. The monoisotopic (exact) mass is 328 g/mol. The van der Waals surface area contributed by atoms with Gasteiger partial charge in [-0.25, -0.2) is 0 Å². The summed E-state index contributed by atoms with van der Waals surface area (Å²) in [6, 6.07) is 19.3. The van der Waals surface area contributed by atoms with E-state index in [1.54, 1.807) is 0 Å². The van der Waals surface area contributed by atoms with Gasteiger partial charge < -0.3 is 9.84 Å². The average molecular weight is 328 g/mol. The summed E-state index contributed by atoms with van der Waals surface area (Å²) in [5.41, 5.74) is 2.07. The molecule has 0 heterocycles. The van der Waals surface area contributed by atoms with Crippen LogP contribution >= 0.6 is 0 Å². The molecule has 2 unspecified atom stereocenters. The van der Waals surface area contributed by atoms with Crippen molar-refractivity contribution in [3.8, 4) is 0 Å². The number of esters is 1. The molecular formula is C20H24O4. The maximum absolute atomic E-state index is 11.1. The number of carbonyl (C=O) groups excluding carboxylic acids is 1. The zero-order valence-corrected chi connectivity index (χ0v) is 14.3. The molecule has 2 atom stereocenters. The van der Waals surface area contributed by atoms with E-state index in [0.29, 0.717) is 0 Å². The van der Waals surface area contributed by atoms with Gasteiger partial charge in [0.1, 0.15) is 0 Å². The van der Waals surface area contributed by atoms with Gasteiger partial charge in [-0.2, -0.15) is 0 Å². The van der Waals surface area contributed by atoms with Crippen LogP contribution in [0.5, 0.6) is 0 Å². The quantitative estimate of drug-likeness (QED) is 0.834. The Morgan fingerprint density at radius 3 is 1.79 bits per heavy atom. The van der Waals surface area contributed by atoms with Crippen molar-refractivity contribution in [3.63, 3.8) is 0 Å². The molecule has 2 rings (SSSR count). The van der Waals surface area contributed by atoms with Crippen LogP contribution in [0.3, 0.4) is 0 Å². The number of carbonyl (C=O) groups is 2. The van der Waals surface area contributed by atoms with Crippen molar-refractivity contribution < 1.29 is 19.4 Å². The minimum absolute atomic E-state index is 0.101. The molecule has 0 aliphatic rings. The summed E-state index contributed by atoms with van der Waals surface area (Å²) in [7, 11) is 1.40. The Balaban J connectivity index is 0.000000240. The highest BCUT2D eigenvalue weighted by atomic mass is 16.5. The number of hydrogen-bond acceptors (Lipinski definition) is 3. The van der Waals surface area contributed by atoms with Gasteiger partial charge >= 0.3 is 11.9 Å². The first-order valence-electron chi connectivity index (χ1n) is 7.85. The second-order valence-corrected chi connectivity index (χ2v) is 5.57. The Kier molecular flexibility index (Phi) is 8.26. The van der Waals surface area contributed by atoms with Crippen LogP contribution in [0.15, 0.2) is 60.7 Å². The molecule has 24 heavy (non-hydrogen) atoms. The van der Waals surface area contributed by atoms with Crippen molar-refractivity contribution in [1.29, 1.82) is 0 Å². The first-order chi connectivity index (χ1) is 11.5. The van der Waals surface area contributed by atoms with Crippen LogP contribution in [0, 0.1) is 0 Å². The van der Waals surface area contributed by atoms with Crippen LogP contribution in [-0.4, -0.2) is 24.2 Å². The first-order valence-corrected chi connectivity index (χ1v) is 7.85. The van der Waals surface area contributed by atoms with E-state index in [-0.39, 0.29) is 24.2 Å². The molecule has 2 aromatic carbocycles. The molecule has 4 nitrogen and oxygen atoms in total. The zero-order valence-electron chi connectivity index (χ0n) is 14.3. The summed E-state index contributed by atoms with van der Waals surface area (Å²) >= 11 is 0. The number of methoxy groups -OCH3 is 1. The highest BCUT2D eigenvalue weighted by molar-refractivity contribution is 5.77. The van der Waals surface area contributed by atoms with Crippen molar-refractivity contribution in [1.82, 2.24) is 0 Å². The lowest BCUT2D eigenvalue weighted by Gasteiger charge is -2.08. The smallest absolute Gasteiger partial charge is 0.312 e. The first kappa shape index (κ1) is 19.4. The average Bonchev–Trinajstić information content (AvgIpc) is 2.62. The fourth-order valence-corrected chi connectivity index (χ4v) is 2.22. The van der Waals surface area contributed by atoms with Gasteiger partial charge in [-0.3, -0.25) is 9.59 Å². The number of aliphatic carboxylic acids is 1. The molecule has 1 N–H and O–H groups in total. The van der Waals surface area contributed by atoms with Crippen molar-refractivity contribution in [2.24, 2.45) is 0 Å². The van der Waals surface area contributed by atoms with Crippen LogP contribution in [0.4, 0.5) is 0 Å². The second-order valence-electron chi connectivity index (χ2n) is 5.57. The summed E-state index contributed by atoms with van der Waals surface area (Å²) in [6.45, 7) is 3.75. The minimum atomic E-state index is -0.744. The van der Waals surface area contributed by atoms with Crippen LogP contribution in [0.25, 0.3) is 0 Å². The number of ether oxygens (including phenoxy) is 1. The largest absolute Gasteiger partial charge is 0.481 e.